The van der Waals surface area contributed by atoms with Crippen molar-refractivity contribution >= 4 is 16.9 Å². The maximum absolute atomic E-state index is 14.5. The molecular formula is C21H27FN4O2. The number of hydrogen-bond acceptors (Lipinski definition) is 5. The summed E-state index contributed by atoms with van der Waals surface area (Å²) in [5.41, 5.74) is 0.370. The number of hydrogen-bond donors (Lipinski definition) is 2. The minimum Gasteiger partial charge on any atom is -0.493 e. The second-order valence-corrected chi connectivity index (χ2v) is 8.68. The summed E-state index contributed by atoms with van der Waals surface area (Å²) in [6.07, 6.45) is 6.99. The summed E-state index contributed by atoms with van der Waals surface area (Å²) in [5, 5.41) is 3.45. The van der Waals surface area contributed by atoms with Crippen molar-refractivity contribution in [2.45, 2.75) is 38.5 Å². The number of piperidine rings is 2. The molecule has 2 aromatic rings. The van der Waals surface area contributed by atoms with Crippen LogP contribution in [0.4, 0.5) is 10.3 Å². The highest BCUT2D eigenvalue weighted by Crippen LogP contribution is 2.40. The monoisotopic (exact) mass is 386 g/mol. The van der Waals surface area contributed by atoms with Gasteiger partial charge in [-0.2, -0.15) is 0 Å². The number of halogens is 1. The van der Waals surface area contributed by atoms with Crippen molar-refractivity contribution < 1.29 is 9.13 Å². The Balaban J connectivity index is 1.39. The van der Waals surface area contributed by atoms with Crippen LogP contribution >= 0.6 is 0 Å². The van der Waals surface area contributed by atoms with E-state index >= 15 is 0 Å². The fourth-order valence-electron chi connectivity index (χ4n) is 4.57. The van der Waals surface area contributed by atoms with E-state index in [2.05, 4.69) is 20.2 Å². The van der Waals surface area contributed by atoms with Crippen molar-refractivity contribution in [1.29, 1.82) is 0 Å². The lowest BCUT2D eigenvalue weighted by molar-refractivity contribution is 0.154. The molecule has 150 valence electrons. The average Bonchev–Trinajstić information content (AvgIpc) is 3.51. The Labute approximate surface area is 163 Å². The summed E-state index contributed by atoms with van der Waals surface area (Å²) >= 11 is 0. The first kappa shape index (κ1) is 17.9. The number of H-pyrrole nitrogens is 1. The third kappa shape index (κ3) is 3.48. The van der Waals surface area contributed by atoms with Gasteiger partial charge in [0.05, 0.1) is 12.1 Å². The van der Waals surface area contributed by atoms with Gasteiger partial charge in [0, 0.05) is 25.2 Å². The molecule has 1 aromatic carbocycles. The van der Waals surface area contributed by atoms with Gasteiger partial charge in [0.2, 0.25) is 5.95 Å². The molecule has 1 aliphatic carbocycles. The molecule has 28 heavy (non-hydrogen) atoms. The molecular weight excluding hydrogens is 359 g/mol. The smallest absolute Gasteiger partial charge is 0.263 e. The van der Waals surface area contributed by atoms with Gasteiger partial charge in [0.1, 0.15) is 17.0 Å². The van der Waals surface area contributed by atoms with Crippen molar-refractivity contribution in [3.05, 3.63) is 28.3 Å². The quantitative estimate of drug-likeness (QED) is 0.846. The predicted octanol–water partition coefficient (Wildman–Crippen LogP) is 2.82. The highest BCUT2D eigenvalue weighted by atomic mass is 19.1. The molecule has 2 aliphatic heterocycles. The first-order chi connectivity index (χ1) is 13.6. The highest BCUT2D eigenvalue weighted by molar-refractivity contribution is 5.80. The van der Waals surface area contributed by atoms with Gasteiger partial charge in [-0.25, -0.2) is 9.37 Å². The second-order valence-electron chi connectivity index (χ2n) is 8.68. The molecule has 1 saturated carbocycles. The second kappa shape index (κ2) is 7.03. The Hall–Kier alpha value is -2.15. The number of anilines is 1. The van der Waals surface area contributed by atoms with E-state index in [1.807, 2.05) is 0 Å². The molecule has 0 atom stereocenters. The van der Waals surface area contributed by atoms with Crippen LogP contribution in [0.2, 0.25) is 0 Å². The summed E-state index contributed by atoms with van der Waals surface area (Å²) in [6, 6.07) is 2.99. The van der Waals surface area contributed by atoms with Crippen LogP contribution in [0.5, 0.6) is 5.75 Å². The number of fused-ring (bicyclic) bond motifs is 1. The highest BCUT2D eigenvalue weighted by Gasteiger charge is 2.36. The van der Waals surface area contributed by atoms with E-state index in [9.17, 15) is 9.18 Å². The van der Waals surface area contributed by atoms with Crippen LogP contribution in [-0.4, -0.2) is 42.8 Å². The third-order valence-electron chi connectivity index (χ3n) is 6.69. The van der Waals surface area contributed by atoms with Crippen LogP contribution in [0.15, 0.2) is 16.9 Å². The normalized spacial score (nSPS) is 22.0. The summed E-state index contributed by atoms with van der Waals surface area (Å²) in [4.78, 5) is 22.1. The fraction of sp³-hybridized carbons (Fsp3) is 0.619. The molecule has 0 bridgehead atoms. The molecule has 3 heterocycles. The lowest BCUT2D eigenvalue weighted by Crippen LogP contribution is -2.46. The maximum atomic E-state index is 14.5. The summed E-state index contributed by atoms with van der Waals surface area (Å²) < 4.78 is 20.2. The lowest BCUT2D eigenvalue weighted by atomic mass is 9.72. The fourth-order valence-corrected chi connectivity index (χ4v) is 4.57. The van der Waals surface area contributed by atoms with Crippen LogP contribution in [0.3, 0.4) is 0 Å². The van der Waals surface area contributed by atoms with Gasteiger partial charge in [-0.15, -0.1) is 0 Å². The van der Waals surface area contributed by atoms with Crippen molar-refractivity contribution in [3.63, 3.8) is 0 Å². The Morgan fingerprint density at radius 1 is 1.18 bits per heavy atom. The Morgan fingerprint density at radius 3 is 2.64 bits per heavy atom. The third-order valence-corrected chi connectivity index (χ3v) is 6.69. The number of ether oxygens (including phenoxy) is 1. The molecule has 7 heteroatoms. The molecule has 1 aromatic heterocycles. The zero-order valence-electron chi connectivity index (χ0n) is 16.1. The molecule has 6 nitrogen and oxygen atoms in total. The van der Waals surface area contributed by atoms with Crippen molar-refractivity contribution in [2.24, 2.45) is 11.3 Å². The number of aromatic amines is 1. The molecule has 3 aliphatic rings. The van der Waals surface area contributed by atoms with E-state index < -0.39 is 11.4 Å². The van der Waals surface area contributed by atoms with Gasteiger partial charge >= 0.3 is 0 Å². The minimum absolute atomic E-state index is 0.00866. The summed E-state index contributed by atoms with van der Waals surface area (Å²) in [7, 11) is 0. The topological polar surface area (TPSA) is 70.2 Å². The van der Waals surface area contributed by atoms with Crippen molar-refractivity contribution in [2.75, 3.05) is 37.7 Å². The van der Waals surface area contributed by atoms with Crippen molar-refractivity contribution in [3.8, 4) is 5.75 Å². The average molecular weight is 386 g/mol. The number of nitrogens with one attached hydrogen (secondary N) is 2. The van der Waals surface area contributed by atoms with E-state index in [1.54, 1.807) is 6.07 Å². The molecule has 2 saturated heterocycles. The first-order valence-corrected chi connectivity index (χ1v) is 10.4. The largest absolute Gasteiger partial charge is 0.493 e. The molecule has 0 unspecified atom stereocenters. The van der Waals surface area contributed by atoms with Gasteiger partial charge in [-0.1, -0.05) is 0 Å². The van der Waals surface area contributed by atoms with E-state index in [1.165, 1.54) is 31.7 Å². The van der Waals surface area contributed by atoms with Crippen LogP contribution in [-0.2, 0) is 0 Å². The molecule has 1 spiro atoms. The molecule has 0 amide bonds. The zero-order valence-corrected chi connectivity index (χ0v) is 16.1. The summed E-state index contributed by atoms with van der Waals surface area (Å²) in [5.74, 6) is 1.00. The van der Waals surface area contributed by atoms with Gasteiger partial charge < -0.3 is 15.0 Å². The zero-order chi connectivity index (χ0) is 19.1. The maximum Gasteiger partial charge on any atom is 0.263 e. The van der Waals surface area contributed by atoms with Crippen LogP contribution in [0, 0.1) is 17.2 Å². The van der Waals surface area contributed by atoms with Gasteiger partial charge in [-0.05, 0) is 62.9 Å². The standard InChI is InChI=1S/C21H27FN4O2/c22-16-11-15(28-13-14-1-2-14)12-17-18(16)19(27)25-20(24-17)26-9-5-21(6-10-26)3-7-23-8-4-21/h11-12,14,23H,1-10,13H2,(H,24,25,27). The molecule has 5 rings (SSSR count). The van der Waals surface area contributed by atoms with E-state index in [0.717, 1.165) is 39.0 Å². The van der Waals surface area contributed by atoms with Crippen LogP contribution < -0.4 is 20.5 Å². The SMILES string of the molecule is O=c1[nH]c(N2CCC3(CCNCC3)CC2)nc2cc(OCC3CC3)cc(F)c12. The minimum atomic E-state index is -0.573. The predicted molar refractivity (Wildman–Crippen MR) is 107 cm³/mol. The van der Waals surface area contributed by atoms with E-state index in [4.69, 9.17) is 4.74 Å². The number of aromatic nitrogens is 2. The Kier molecular flexibility index (Phi) is 4.50. The molecule has 3 fully saturated rings. The number of benzene rings is 1. The van der Waals surface area contributed by atoms with Crippen molar-refractivity contribution in [1.82, 2.24) is 15.3 Å². The van der Waals surface area contributed by atoms with E-state index in [0.29, 0.717) is 35.2 Å². The Bertz CT molecular complexity index is 924. The first-order valence-electron chi connectivity index (χ1n) is 10.4. The van der Waals surface area contributed by atoms with Crippen LogP contribution in [0.1, 0.15) is 38.5 Å². The Morgan fingerprint density at radius 2 is 1.93 bits per heavy atom. The lowest BCUT2D eigenvalue weighted by Gasteiger charge is -2.44. The number of rotatable bonds is 4. The number of nitrogens with zero attached hydrogens (tertiary/aromatic N) is 2. The van der Waals surface area contributed by atoms with Gasteiger partial charge in [0.25, 0.3) is 5.56 Å². The van der Waals surface area contributed by atoms with Gasteiger partial charge in [-0.3, -0.25) is 9.78 Å². The van der Waals surface area contributed by atoms with E-state index in [-0.39, 0.29) is 5.39 Å². The molecule has 0 radical (unpaired) electrons. The molecule has 2 N–H and O–H groups in total. The van der Waals surface area contributed by atoms with Gasteiger partial charge in [0.15, 0.2) is 0 Å². The summed E-state index contributed by atoms with van der Waals surface area (Å²) in [6.45, 7) is 4.52. The van der Waals surface area contributed by atoms with Crippen LogP contribution in [0.25, 0.3) is 10.9 Å².